The number of hydrogen-bond acceptors (Lipinski definition) is 3. The van der Waals surface area contributed by atoms with Gasteiger partial charge in [-0.25, -0.2) is 8.78 Å². The molecule has 1 heterocycles. The molecule has 0 N–H and O–H groups in total. The number of nitro benzene ring substituents is 1. The Balaban J connectivity index is 1.85. The number of nitro groups is 1. The highest BCUT2D eigenvalue weighted by Gasteiger charge is 2.24. The fraction of sp³-hybridized carbons (Fsp3) is 0.250. The van der Waals surface area contributed by atoms with Crippen molar-refractivity contribution in [2.24, 2.45) is 0 Å². The average molecular weight is 304 g/mol. The van der Waals surface area contributed by atoms with Crippen molar-refractivity contribution in [3.63, 3.8) is 0 Å². The molecule has 2 aromatic rings. The summed E-state index contributed by atoms with van der Waals surface area (Å²) in [7, 11) is 0. The van der Waals surface area contributed by atoms with Crippen molar-refractivity contribution < 1.29 is 13.7 Å². The van der Waals surface area contributed by atoms with E-state index in [0.717, 1.165) is 12.1 Å². The number of para-hydroxylation sites is 1. The number of halogens is 2. The first-order valence-electron chi connectivity index (χ1n) is 6.96. The van der Waals surface area contributed by atoms with Crippen LogP contribution in [0.2, 0.25) is 0 Å². The van der Waals surface area contributed by atoms with E-state index in [-0.39, 0.29) is 18.0 Å². The van der Waals surface area contributed by atoms with Crippen LogP contribution in [0.3, 0.4) is 0 Å². The lowest BCUT2D eigenvalue weighted by atomic mass is 9.98. The minimum Gasteiger partial charge on any atom is -0.294 e. The average Bonchev–Trinajstić information content (AvgIpc) is 2.51. The van der Waals surface area contributed by atoms with Crippen molar-refractivity contribution in [2.75, 3.05) is 6.54 Å². The van der Waals surface area contributed by atoms with Crippen LogP contribution in [0.5, 0.6) is 0 Å². The van der Waals surface area contributed by atoms with Crippen LogP contribution in [0.1, 0.15) is 16.7 Å². The summed E-state index contributed by atoms with van der Waals surface area (Å²) in [6.45, 7) is 1.14. The Kier molecular flexibility index (Phi) is 3.85. The van der Waals surface area contributed by atoms with E-state index in [4.69, 9.17) is 0 Å². The lowest BCUT2D eigenvalue weighted by molar-refractivity contribution is -0.385. The first-order chi connectivity index (χ1) is 10.6. The van der Waals surface area contributed by atoms with Crippen LogP contribution in [0.25, 0.3) is 0 Å². The standard InChI is InChI=1S/C16H14F2N2O2/c17-14-5-6-15(18)13-10-19(8-7-12(13)14)9-11-3-1-2-4-16(11)20(21)22/h1-6H,7-10H2. The lowest BCUT2D eigenvalue weighted by Crippen LogP contribution is -2.31. The minimum atomic E-state index is -0.427. The van der Waals surface area contributed by atoms with Gasteiger partial charge in [0.2, 0.25) is 0 Å². The molecule has 114 valence electrons. The van der Waals surface area contributed by atoms with Gasteiger partial charge in [0.25, 0.3) is 5.69 Å². The Hall–Kier alpha value is -2.34. The normalized spacial score (nSPS) is 14.6. The van der Waals surface area contributed by atoms with Crippen molar-refractivity contribution in [3.8, 4) is 0 Å². The molecule has 1 aliphatic rings. The second-order valence-electron chi connectivity index (χ2n) is 5.33. The molecule has 0 saturated carbocycles. The first kappa shape index (κ1) is 14.6. The molecule has 0 aliphatic carbocycles. The monoisotopic (exact) mass is 304 g/mol. The van der Waals surface area contributed by atoms with E-state index < -0.39 is 10.7 Å². The fourth-order valence-electron chi connectivity index (χ4n) is 2.85. The Morgan fingerprint density at radius 3 is 2.50 bits per heavy atom. The highest BCUT2D eigenvalue weighted by molar-refractivity contribution is 5.40. The molecule has 0 fully saturated rings. The van der Waals surface area contributed by atoms with Crippen molar-refractivity contribution in [3.05, 3.63) is 74.8 Å². The summed E-state index contributed by atoms with van der Waals surface area (Å²) < 4.78 is 27.6. The number of hydrogen-bond donors (Lipinski definition) is 0. The summed E-state index contributed by atoms with van der Waals surface area (Å²) in [6.07, 6.45) is 0.402. The van der Waals surface area contributed by atoms with Gasteiger partial charge < -0.3 is 0 Å². The Morgan fingerprint density at radius 2 is 1.77 bits per heavy atom. The predicted octanol–water partition coefficient (Wildman–Crippen LogP) is 3.43. The zero-order valence-corrected chi connectivity index (χ0v) is 11.8. The van der Waals surface area contributed by atoms with Crippen LogP contribution in [-0.2, 0) is 19.5 Å². The van der Waals surface area contributed by atoms with Gasteiger partial charge in [0.15, 0.2) is 0 Å². The van der Waals surface area contributed by atoms with E-state index in [1.807, 2.05) is 4.90 Å². The maximum Gasteiger partial charge on any atom is 0.273 e. The van der Waals surface area contributed by atoms with Gasteiger partial charge in [0.1, 0.15) is 11.6 Å². The van der Waals surface area contributed by atoms with Gasteiger partial charge in [-0.05, 0) is 24.1 Å². The summed E-state index contributed by atoms with van der Waals surface area (Å²) in [5.74, 6) is -0.814. The summed E-state index contributed by atoms with van der Waals surface area (Å²) >= 11 is 0. The van der Waals surface area contributed by atoms with E-state index in [2.05, 4.69) is 0 Å². The largest absolute Gasteiger partial charge is 0.294 e. The van der Waals surface area contributed by atoms with Crippen LogP contribution < -0.4 is 0 Å². The molecular weight excluding hydrogens is 290 g/mol. The maximum absolute atomic E-state index is 13.9. The summed E-state index contributed by atoms with van der Waals surface area (Å²) in [5, 5.41) is 11.0. The SMILES string of the molecule is O=[N+]([O-])c1ccccc1CN1CCc2c(F)ccc(F)c2C1. The quantitative estimate of drug-likeness (QED) is 0.644. The third-order valence-corrected chi connectivity index (χ3v) is 3.96. The van der Waals surface area contributed by atoms with Crippen molar-refractivity contribution >= 4 is 5.69 Å². The van der Waals surface area contributed by atoms with Crippen LogP contribution in [-0.4, -0.2) is 16.4 Å². The molecular formula is C16H14F2N2O2. The van der Waals surface area contributed by atoms with Crippen LogP contribution in [0.4, 0.5) is 14.5 Å². The molecule has 0 bridgehead atoms. The summed E-state index contributed by atoms with van der Waals surface area (Å²) in [6, 6.07) is 8.76. The highest BCUT2D eigenvalue weighted by Crippen LogP contribution is 2.27. The fourth-order valence-corrected chi connectivity index (χ4v) is 2.85. The third kappa shape index (κ3) is 2.69. The number of benzene rings is 2. The van der Waals surface area contributed by atoms with Gasteiger partial charge in [-0.1, -0.05) is 18.2 Å². The van der Waals surface area contributed by atoms with Crippen molar-refractivity contribution in [2.45, 2.75) is 19.5 Å². The predicted molar refractivity (Wildman–Crippen MR) is 77.3 cm³/mol. The Morgan fingerprint density at radius 1 is 1.09 bits per heavy atom. The molecule has 0 unspecified atom stereocenters. The van der Waals surface area contributed by atoms with Gasteiger partial charge >= 0.3 is 0 Å². The molecule has 0 amide bonds. The van der Waals surface area contributed by atoms with Crippen LogP contribution in [0.15, 0.2) is 36.4 Å². The van der Waals surface area contributed by atoms with E-state index in [0.29, 0.717) is 36.2 Å². The maximum atomic E-state index is 13.9. The zero-order valence-electron chi connectivity index (χ0n) is 11.8. The summed E-state index contributed by atoms with van der Waals surface area (Å²) in [4.78, 5) is 12.5. The molecule has 0 aromatic heterocycles. The van der Waals surface area contributed by atoms with Crippen LogP contribution in [0, 0.1) is 21.7 Å². The lowest BCUT2D eigenvalue weighted by Gasteiger charge is -2.29. The van der Waals surface area contributed by atoms with E-state index in [9.17, 15) is 18.9 Å². The van der Waals surface area contributed by atoms with E-state index in [1.54, 1.807) is 18.2 Å². The van der Waals surface area contributed by atoms with Gasteiger partial charge in [-0.2, -0.15) is 0 Å². The third-order valence-electron chi connectivity index (χ3n) is 3.96. The molecule has 0 atom stereocenters. The highest BCUT2D eigenvalue weighted by atomic mass is 19.1. The number of nitrogens with zero attached hydrogens (tertiary/aromatic N) is 2. The van der Waals surface area contributed by atoms with E-state index >= 15 is 0 Å². The molecule has 2 aromatic carbocycles. The summed E-state index contributed by atoms with van der Waals surface area (Å²) in [5.41, 5.74) is 1.39. The molecule has 0 saturated heterocycles. The molecule has 3 rings (SSSR count). The Bertz CT molecular complexity index is 734. The second-order valence-corrected chi connectivity index (χ2v) is 5.33. The zero-order chi connectivity index (χ0) is 15.7. The van der Waals surface area contributed by atoms with Crippen molar-refractivity contribution in [1.29, 1.82) is 0 Å². The van der Waals surface area contributed by atoms with Crippen molar-refractivity contribution in [1.82, 2.24) is 4.90 Å². The minimum absolute atomic E-state index is 0.0491. The van der Waals surface area contributed by atoms with E-state index in [1.165, 1.54) is 6.07 Å². The van der Waals surface area contributed by atoms with Gasteiger partial charge in [0.05, 0.1) is 4.92 Å². The molecule has 1 aliphatic heterocycles. The molecule has 0 radical (unpaired) electrons. The van der Waals surface area contributed by atoms with Gasteiger partial charge in [-0.3, -0.25) is 15.0 Å². The van der Waals surface area contributed by atoms with Gasteiger partial charge in [0, 0.05) is 36.8 Å². The molecule has 6 heteroatoms. The van der Waals surface area contributed by atoms with Gasteiger partial charge in [-0.15, -0.1) is 0 Å². The number of fused-ring (bicyclic) bond motifs is 1. The topological polar surface area (TPSA) is 46.4 Å². The smallest absolute Gasteiger partial charge is 0.273 e. The molecule has 4 nitrogen and oxygen atoms in total. The Labute approximate surface area is 126 Å². The second kappa shape index (κ2) is 5.81. The first-order valence-corrected chi connectivity index (χ1v) is 6.96. The number of rotatable bonds is 3. The molecule has 0 spiro atoms. The van der Waals surface area contributed by atoms with Crippen LogP contribution >= 0.6 is 0 Å². The molecule has 22 heavy (non-hydrogen) atoms.